The number of halogens is 2. The van der Waals surface area contributed by atoms with Crippen LogP contribution >= 0.6 is 0 Å². The van der Waals surface area contributed by atoms with Crippen molar-refractivity contribution in [1.29, 1.82) is 0 Å². The van der Waals surface area contributed by atoms with Crippen molar-refractivity contribution in [1.82, 2.24) is 34.5 Å². The summed E-state index contributed by atoms with van der Waals surface area (Å²) in [5.74, 6) is -0.00741. The molecule has 2 fully saturated rings. The Morgan fingerprint density at radius 1 is 0.949 bits per heavy atom. The summed E-state index contributed by atoms with van der Waals surface area (Å²) in [5, 5.41) is 8.22. The first kappa shape index (κ1) is 25.8. The number of hydrogen-bond donors (Lipinski definition) is 1. The van der Waals surface area contributed by atoms with Crippen LogP contribution in [0.5, 0.6) is 0 Å². The first-order valence-corrected chi connectivity index (χ1v) is 13.8. The smallest absolute Gasteiger partial charge is 0.229 e. The molecular formula is C29H34F2N8. The first-order chi connectivity index (χ1) is 19.0. The van der Waals surface area contributed by atoms with E-state index in [4.69, 9.17) is 0 Å². The molecule has 4 heterocycles. The minimum Gasteiger partial charge on any atom is -0.309 e. The molecular weight excluding hydrogens is 498 g/mol. The second kappa shape index (κ2) is 10.9. The van der Waals surface area contributed by atoms with Gasteiger partial charge in [-0.1, -0.05) is 25.8 Å². The van der Waals surface area contributed by atoms with Gasteiger partial charge in [0, 0.05) is 68.5 Å². The molecule has 204 valence electrons. The Balaban J connectivity index is 1.22. The number of hydrogen-bond acceptors (Lipinski definition) is 7. The van der Waals surface area contributed by atoms with Crippen LogP contribution in [0.4, 0.5) is 20.5 Å². The number of benzene rings is 1. The van der Waals surface area contributed by atoms with Crippen molar-refractivity contribution in [2.75, 3.05) is 38.0 Å². The number of pyridine rings is 1. The number of nitrogens with zero attached hydrogens (tertiary/aromatic N) is 7. The third-order valence-corrected chi connectivity index (χ3v) is 8.08. The summed E-state index contributed by atoms with van der Waals surface area (Å²) in [6.07, 6.45) is 7.36. The average Bonchev–Trinajstić information content (AvgIpc) is 3.59. The highest BCUT2D eigenvalue weighted by Gasteiger charge is 2.25. The Labute approximate surface area is 227 Å². The molecule has 0 radical (unpaired) electrons. The zero-order valence-electron chi connectivity index (χ0n) is 22.5. The molecule has 0 bridgehead atoms. The van der Waals surface area contributed by atoms with Crippen LogP contribution in [-0.2, 0) is 13.6 Å². The van der Waals surface area contributed by atoms with Gasteiger partial charge >= 0.3 is 0 Å². The highest BCUT2D eigenvalue weighted by molar-refractivity contribution is 5.87. The van der Waals surface area contributed by atoms with E-state index in [0.29, 0.717) is 22.8 Å². The van der Waals surface area contributed by atoms with Crippen molar-refractivity contribution < 1.29 is 8.78 Å². The van der Waals surface area contributed by atoms with Gasteiger partial charge in [-0.2, -0.15) is 5.10 Å². The van der Waals surface area contributed by atoms with Crippen LogP contribution in [0.1, 0.15) is 49.8 Å². The second-order valence-corrected chi connectivity index (χ2v) is 10.6. The summed E-state index contributed by atoms with van der Waals surface area (Å²) in [6.45, 7) is 8.43. The molecule has 0 unspecified atom stereocenters. The van der Waals surface area contributed by atoms with E-state index in [0.717, 1.165) is 87.8 Å². The largest absolute Gasteiger partial charge is 0.309 e. The standard InChI is InChI=1S/C29H34F2N8/c1-3-38-10-12-39(13-11-38)18-19-8-9-25(32-16-19)34-29-33-17-24(31)26(35-29)21-14-22-27(23(30)15-21)36-37(2)28(22)20-6-4-5-7-20/h8-9,14-17,20H,3-7,10-13,18H2,1-2H3,(H,32,33,34,35). The molecule has 10 heteroatoms. The van der Waals surface area contributed by atoms with Gasteiger partial charge in [-0.25, -0.2) is 23.7 Å². The molecule has 0 atom stereocenters. The van der Waals surface area contributed by atoms with Gasteiger partial charge in [0.05, 0.1) is 6.20 Å². The lowest BCUT2D eigenvalue weighted by Gasteiger charge is -2.33. The first-order valence-electron chi connectivity index (χ1n) is 13.8. The maximum absolute atomic E-state index is 15.2. The molecule has 8 nitrogen and oxygen atoms in total. The molecule has 4 aromatic rings. The number of aryl methyl sites for hydroxylation is 1. The van der Waals surface area contributed by atoms with Gasteiger partial charge in [-0.3, -0.25) is 9.58 Å². The van der Waals surface area contributed by atoms with Crippen LogP contribution in [-0.4, -0.2) is 67.3 Å². The van der Waals surface area contributed by atoms with Crippen molar-refractivity contribution in [2.24, 2.45) is 7.05 Å². The molecule has 2 aliphatic rings. The third-order valence-electron chi connectivity index (χ3n) is 8.08. The van der Waals surface area contributed by atoms with E-state index >= 15 is 4.39 Å². The summed E-state index contributed by atoms with van der Waals surface area (Å²) in [7, 11) is 1.85. The van der Waals surface area contributed by atoms with Crippen LogP contribution in [0.25, 0.3) is 22.2 Å². The van der Waals surface area contributed by atoms with Crippen molar-refractivity contribution in [3.05, 3.63) is 59.6 Å². The van der Waals surface area contributed by atoms with E-state index in [2.05, 4.69) is 42.1 Å². The van der Waals surface area contributed by atoms with E-state index in [1.165, 1.54) is 6.07 Å². The van der Waals surface area contributed by atoms with Gasteiger partial charge in [0.1, 0.15) is 17.0 Å². The quantitative estimate of drug-likeness (QED) is 0.349. The van der Waals surface area contributed by atoms with Gasteiger partial charge in [0.25, 0.3) is 0 Å². The maximum atomic E-state index is 15.2. The molecule has 1 saturated carbocycles. The molecule has 6 rings (SSSR count). The number of rotatable bonds is 7. The summed E-state index contributed by atoms with van der Waals surface area (Å²) in [4.78, 5) is 17.9. The molecule has 1 aliphatic heterocycles. The monoisotopic (exact) mass is 532 g/mol. The minimum absolute atomic E-state index is 0.0392. The van der Waals surface area contributed by atoms with Crippen molar-refractivity contribution >= 4 is 22.7 Å². The summed E-state index contributed by atoms with van der Waals surface area (Å²) >= 11 is 0. The fourth-order valence-corrected chi connectivity index (χ4v) is 5.95. The fraction of sp³-hybridized carbons (Fsp3) is 0.448. The molecule has 1 saturated heterocycles. The Bertz CT molecular complexity index is 1450. The van der Waals surface area contributed by atoms with Gasteiger partial charge < -0.3 is 10.2 Å². The minimum atomic E-state index is -0.614. The Kier molecular flexibility index (Phi) is 7.22. The molecule has 1 N–H and O–H groups in total. The van der Waals surface area contributed by atoms with Crippen LogP contribution in [0, 0.1) is 11.6 Å². The fourth-order valence-electron chi connectivity index (χ4n) is 5.95. The van der Waals surface area contributed by atoms with Gasteiger partial charge in [-0.05, 0) is 43.1 Å². The summed E-state index contributed by atoms with van der Waals surface area (Å²) < 4.78 is 31.9. The number of fused-ring (bicyclic) bond motifs is 1. The maximum Gasteiger partial charge on any atom is 0.229 e. The predicted molar refractivity (Wildman–Crippen MR) is 148 cm³/mol. The van der Waals surface area contributed by atoms with Crippen LogP contribution < -0.4 is 5.32 Å². The van der Waals surface area contributed by atoms with E-state index < -0.39 is 11.6 Å². The number of aromatic nitrogens is 5. The highest BCUT2D eigenvalue weighted by atomic mass is 19.1. The second-order valence-electron chi connectivity index (χ2n) is 10.6. The zero-order chi connectivity index (χ0) is 26.9. The molecule has 39 heavy (non-hydrogen) atoms. The lowest BCUT2D eigenvalue weighted by molar-refractivity contribution is 0.132. The predicted octanol–water partition coefficient (Wildman–Crippen LogP) is 5.24. The SMILES string of the molecule is CCN1CCN(Cc2ccc(Nc3ncc(F)c(-c4cc(F)c5nn(C)c(C6CCCC6)c5c4)n3)nc2)CC1. The van der Waals surface area contributed by atoms with Crippen molar-refractivity contribution in [2.45, 2.75) is 45.1 Å². The molecule has 3 aromatic heterocycles. The topological polar surface area (TPSA) is 75.0 Å². The van der Waals surface area contributed by atoms with Crippen molar-refractivity contribution in [3.63, 3.8) is 0 Å². The third kappa shape index (κ3) is 5.35. The normalized spacial score (nSPS) is 17.3. The molecule has 0 spiro atoms. The molecule has 1 aromatic carbocycles. The van der Waals surface area contributed by atoms with Crippen LogP contribution in [0.3, 0.4) is 0 Å². The average molecular weight is 533 g/mol. The van der Waals surface area contributed by atoms with Gasteiger partial charge in [0.15, 0.2) is 11.6 Å². The zero-order valence-corrected chi connectivity index (χ0v) is 22.5. The molecule has 1 aliphatic carbocycles. The lowest BCUT2D eigenvalue weighted by Crippen LogP contribution is -2.45. The van der Waals surface area contributed by atoms with Crippen LogP contribution in [0.15, 0.2) is 36.7 Å². The van der Waals surface area contributed by atoms with E-state index in [-0.39, 0.29) is 11.6 Å². The number of nitrogens with one attached hydrogen (secondary N) is 1. The number of anilines is 2. The molecule has 0 amide bonds. The Hall–Kier alpha value is -3.50. The summed E-state index contributed by atoms with van der Waals surface area (Å²) in [6, 6.07) is 7.01. The highest BCUT2D eigenvalue weighted by Crippen LogP contribution is 2.39. The van der Waals surface area contributed by atoms with Gasteiger partial charge in [-0.15, -0.1) is 0 Å². The van der Waals surface area contributed by atoms with Crippen LogP contribution in [0.2, 0.25) is 0 Å². The Morgan fingerprint density at radius 2 is 1.72 bits per heavy atom. The van der Waals surface area contributed by atoms with E-state index in [1.54, 1.807) is 4.68 Å². The Morgan fingerprint density at radius 3 is 2.44 bits per heavy atom. The van der Waals surface area contributed by atoms with Gasteiger partial charge in [0.2, 0.25) is 5.95 Å². The van der Waals surface area contributed by atoms with Crippen molar-refractivity contribution in [3.8, 4) is 11.3 Å². The summed E-state index contributed by atoms with van der Waals surface area (Å²) in [5.41, 5.74) is 2.85. The van der Waals surface area contributed by atoms with E-state index in [9.17, 15) is 4.39 Å². The van der Waals surface area contributed by atoms with E-state index in [1.807, 2.05) is 31.4 Å². The number of likely N-dealkylation sites (N-methyl/N-ethyl adjacent to an activating group) is 1. The lowest BCUT2D eigenvalue weighted by atomic mass is 9.98. The number of piperazine rings is 1.